The Hall–Kier alpha value is -9.64. The van der Waals surface area contributed by atoms with Gasteiger partial charge in [0, 0.05) is 74.3 Å². The summed E-state index contributed by atoms with van der Waals surface area (Å²) >= 11 is 0. The smallest absolute Gasteiger partial charge is 0.200 e. The van der Waals surface area contributed by atoms with E-state index >= 15 is 0 Å². The van der Waals surface area contributed by atoms with Gasteiger partial charge < -0.3 is 0 Å². The summed E-state index contributed by atoms with van der Waals surface area (Å²) in [6.45, 7) is 17.9. The summed E-state index contributed by atoms with van der Waals surface area (Å²) in [4.78, 5) is 0. The first-order valence-corrected chi connectivity index (χ1v) is 40.6. The van der Waals surface area contributed by atoms with E-state index in [1.165, 1.54) is 152 Å². The Kier molecular flexibility index (Phi) is 23.8. The van der Waals surface area contributed by atoms with Crippen LogP contribution >= 0.6 is 0 Å². The van der Waals surface area contributed by atoms with E-state index in [2.05, 4.69) is 339 Å². The van der Waals surface area contributed by atoms with Gasteiger partial charge in [0.15, 0.2) is 24.8 Å². The van der Waals surface area contributed by atoms with Gasteiger partial charge in [0.1, 0.15) is 28.2 Å². The van der Waals surface area contributed by atoms with E-state index in [9.17, 15) is 0 Å². The van der Waals surface area contributed by atoms with Crippen molar-refractivity contribution in [3.05, 3.63) is 312 Å². The third-order valence-electron chi connectivity index (χ3n) is 24.0. The number of rotatable bonds is 16. The van der Waals surface area contributed by atoms with Gasteiger partial charge >= 0.3 is 0 Å². The second-order valence-corrected chi connectivity index (χ2v) is 33.0. The fourth-order valence-corrected chi connectivity index (χ4v) is 17.8. The zero-order valence-corrected chi connectivity index (χ0v) is 66.7. The Morgan fingerprint density at radius 3 is 0.861 bits per heavy atom. The van der Waals surface area contributed by atoms with Gasteiger partial charge in [0.2, 0.25) is 22.8 Å². The molecule has 552 valence electrons. The van der Waals surface area contributed by atoms with Crippen molar-refractivity contribution in [2.45, 2.75) is 158 Å². The number of benzene rings is 8. The summed E-state index contributed by atoms with van der Waals surface area (Å²) in [5.41, 5.74) is 29.3. The molecule has 0 saturated heterocycles. The molecule has 0 aliphatic heterocycles. The largest absolute Gasteiger partial charge is 0.212 e. The third kappa shape index (κ3) is 19.8. The van der Waals surface area contributed by atoms with E-state index in [1.807, 2.05) is 30.3 Å². The van der Waals surface area contributed by atoms with Crippen LogP contribution in [0.3, 0.4) is 0 Å². The number of nitrogens with zero attached hydrogens (tertiary/aromatic N) is 4. The first-order valence-electron chi connectivity index (χ1n) is 42.6. The van der Waals surface area contributed by atoms with Crippen molar-refractivity contribution >= 4 is 0 Å². The molecule has 4 aromatic heterocycles. The number of hydrogen-bond acceptors (Lipinski definition) is 0. The van der Waals surface area contributed by atoms with Crippen LogP contribution in [0, 0.1) is 75.0 Å². The zero-order chi connectivity index (χ0) is 78.8. The SMILES string of the molecule is Cc1ccccc1-c1ccc(-c2ccc(CC3CCC(C)C3)cc2)c[n+]1C.Cc1ccccc1-c1ccc(-c2cccc(CC3CCC(C)C3)c2)c[n+]1C.[2H]C([2H])(c1ccc(-c2ccc(-c3ccccc3C)[n+](C)c2)cc1)C1CCC(C)C1.[2H]C([2H])(c1cccc(-c2ccc(-c3ccccc3C)[n+](C)c2)c1)C1CCC(C)C1. The quantitative estimate of drug-likeness (QED) is 0.0857. The van der Waals surface area contributed by atoms with Crippen molar-refractivity contribution in [3.63, 3.8) is 0 Å². The van der Waals surface area contributed by atoms with Crippen molar-refractivity contribution < 1.29 is 23.8 Å². The fraction of sp³-hybridized carbons (Fsp3) is 0.346. The summed E-state index contributed by atoms with van der Waals surface area (Å²) < 4.78 is 43.7. The lowest BCUT2D eigenvalue weighted by Gasteiger charge is -2.11. The molecule has 4 heteroatoms. The predicted octanol–water partition coefficient (Wildman–Crippen LogP) is 24.5. The van der Waals surface area contributed by atoms with Gasteiger partial charge in [0.05, 0.1) is 0 Å². The van der Waals surface area contributed by atoms with E-state index in [1.54, 1.807) is 0 Å². The van der Waals surface area contributed by atoms with Crippen molar-refractivity contribution in [1.82, 2.24) is 0 Å². The molecule has 0 N–H and O–H groups in total. The highest BCUT2D eigenvalue weighted by molar-refractivity contribution is 5.71. The van der Waals surface area contributed by atoms with Gasteiger partial charge in [-0.25, -0.2) is 18.3 Å². The molecule has 0 bridgehead atoms. The monoisotopic (exact) mass is 1430 g/mol. The molecule has 108 heavy (non-hydrogen) atoms. The molecule has 12 aromatic rings. The summed E-state index contributed by atoms with van der Waals surface area (Å²) in [7, 11) is 8.45. The molecular weight excluding hydrogens is 1310 g/mol. The molecule has 4 fully saturated rings. The minimum atomic E-state index is -1.27. The van der Waals surface area contributed by atoms with Crippen LogP contribution in [0.5, 0.6) is 0 Å². The number of aromatic nitrogens is 4. The van der Waals surface area contributed by atoms with Crippen LogP contribution in [-0.4, -0.2) is 0 Å². The topological polar surface area (TPSA) is 15.5 Å². The lowest BCUT2D eigenvalue weighted by atomic mass is 9.94. The molecule has 16 rings (SSSR count). The Morgan fingerprint density at radius 2 is 0.537 bits per heavy atom. The van der Waals surface area contributed by atoms with Crippen LogP contribution < -0.4 is 18.3 Å². The van der Waals surface area contributed by atoms with Crippen molar-refractivity contribution in [1.29, 1.82) is 0 Å². The third-order valence-corrected chi connectivity index (χ3v) is 24.0. The molecule has 4 nitrogen and oxygen atoms in total. The minimum Gasteiger partial charge on any atom is -0.200 e. The maximum Gasteiger partial charge on any atom is 0.212 e. The summed E-state index contributed by atoms with van der Waals surface area (Å²) in [6.07, 6.45) is 23.4. The molecule has 0 radical (unpaired) electrons. The lowest BCUT2D eigenvalue weighted by Crippen LogP contribution is -2.30. The van der Waals surface area contributed by atoms with Gasteiger partial charge in [-0.1, -0.05) is 223 Å². The fourth-order valence-electron chi connectivity index (χ4n) is 17.8. The molecule has 8 unspecified atom stereocenters. The Bertz CT molecular complexity index is 5190. The highest BCUT2D eigenvalue weighted by atomic mass is 14.9. The Morgan fingerprint density at radius 1 is 0.259 bits per heavy atom. The van der Waals surface area contributed by atoms with Crippen LogP contribution in [0.15, 0.2) is 267 Å². The maximum atomic E-state index is 8.79. The predicted molar refractivity (Wildman–Crippen MR) is 454 cm³/mol. The molecule has 0 amide bonds. The average Bonchev–Trinajstić information content (AvgIpc) is 1.49. The van der Waals surface area contributed by atoms with Gasteiger partial charge in [-0.05, 0) is 267 Å². The molecule has 0 spiro atoms. The normalized spacial score (nSPS) is 20.2. The molecule has 8 atom stereocenters. The highest BCUT2D eigenvalue weighted by Crippen LogP contribution is 2.38. The maximum absolute atomic E-state index is 8.79. The van der Waals surface area contributed by atoms with E-state index in [0.29, 0.717) is 11.8 Å². The molecule has 4 aliphatic rings. The molecule has 8 aromatic carbocycles. The second-order valence-electron chi connectivity index (χ2n) is 33.0. The van der Waals surface area contributed by atoms with Crippen LogP contribution in [0.25, 0.3) is 89.5 Å². The highest BCUT2D eigenvalue weighted by Gasteiger charge is 2.27. The number of aryl methyl sites for hydroxylation is 8. The number of hydrogen-bond donors (Lipinski definition) is 0. The van der Waals surface area contributed by atoms with Crippen LogP contribution in [0.1, 0.15) is 155 Å². The molecule has 4 saturated carbocycles. The molecular formula is C104H120N4+4. The van der Waals surface area contributed by atoms with E-state index < -0.39 is 12.7 Å². The summed E-state index contributed by atoms with van der Waals surface area (Å²) in [6, 6.07) is 86.2. The van der Waals surface area contributed by atoms with Crippen LogP contribution in [-0.2, 0) is 53.8 Å². The lowest BCUT2D eigenvalue weighted by molar-refractivity contribution is -0.660. The van der Waals surface area contributed by atoms with Crippen LogP contribution in [0.4, 0.5) is 0 Å². The summed E-state index contributed by atoms with van der Waals surface area (Å²) in [5, 5.41) is 0. The van der Waals surface area contributed by atoms with Crippen LogP contribution in [0.2, 0.25) is 0 Å². The van der Waals surface area contributed by atoms with Gasteiger partial charge in [0.25, 0.3) is 0 Å². The van der Waals surface area contributed by atoms with Crippen molar-refractivity contribution in [2.24, 2.45) is 75.5 Å². The van der Waals surface area contributed by atoms with Crippen molar-refractivity contribution in [2.75, 3.05) is 0 Å². The first kappa shape index (κ1) is 71.3. The van der Waals surface area contributed by atoms with E-state index in [0.717, 1.165) is 95.6 Å². The van der Waals surface area contributed by atoms with Gasteiger partial charge in [-0.3, -0.25) is 0 Å². The average molecular weight is 1430 g/mol. The van der Waals surface area contributed by atoms with E-state index in [4.69, 9.17) is 5.48 Å². The first-order chi connectivity index (χ1) is 53.9. The Labute approximate surface area is 655 Å². The molecule has 4 aliphatic carbocycles. The van der Waals surface area contributed by atoms with E-state index in [-0.39, 0.29) is 11.8 Å². The second kappa shape index (κ2) is 36.0. The summed E-state index contributed by atoms with van der Waals surface area (Å²) in [5.74, 6) is 5.10. The van der Waals surface area contributed by atoms with Gasteiger partial charge in [-0.15, -0.1) is 0 Å². The van der Waals surface area contributed by atoms with Gasteiger partial charge in [-0.2, -0.15) is 0 Å². The Balaban J connectivity index is 0.000000131. The number of pyridine rings is 4. The molecule has 4 heterocycles. The minimum absolute atomic E-state index is 0.118. The standard InChI is InChI=1S/4C26H30N/c2*1-19-11-12-22(15-19)16-21-8-6-9-23(17-21)24-13-14-26(27(3)18-24)25-10-5-4-7-20(25)2;2*1-19-8-9-22(16-19)17-21-10-12-23(13-11-21)24-14-15-26(27(3)18-24)25-7-5-4-6-20(25)2/h2*4-10,13-14,17-19,22H,11-12,15-16H2,1-3H3;2*4-7,10-15,18-19,22H,8-9,16-17H2,1-3H3/q4*+1/i16D2;;17D2;. The zero-order valence-electron chi connectivity index (χ0n) is 70.7. The van der Waals surface area contributed by atoms with Crippen molar-refractivity contribution in [3.8, 4) is 89.5 Å².